The fourth-order valence-electron chi connectivity index (χ4n) is 5.77. The lowest BCUT2D eigenvalue weighted by Crippen LogP contribution is -2.43. The average Bonchev–Trinajstić information content (AvgIpc) is 3.21. The van der Waals surface area contributed by atoms with Crippen molar-refractivity contribution in [1.82, 2.24) is 0 Å². The van der Waals surface area contributed by atoms with Crippen LogP contribution in [0.2, 0.25) is 18.1 Å². The number of hydrogen-bond donors (Lipinski definition) is 0. The van der Waals surface area contributed by atoms with E-state index < -0.39 is 8.32 Å². The molecule has 1 heterocycles. The Balaban J connectivity index is 1.88. The van der Waals surface area contributed by atoms with Gasteiger partial charge in [0.15, 0.2) is 20.4 Å². The van der Waals surface area contributed by atoms with E-state index in [1.165, 1.54) is 0 Å². The second-order valence-electron chi connectivity index (χ2n) is 14.0. The highest BCUT2D eigenvalue weighted by Crippen LogP contribution is 2.43. The molecule has 2 aliphatic rings. The molecule has 0 aromatic rings. The molecule has 1 unspecified atom stereocenters. The molecule has 0 amide bonds. The summed E-state index contributed by atoms with van der Waals surface area (Å²) in [7, 11) is -1.80. The second-order valence-corrected chi connectivity index (χ2v) is 19.4. The van der Waals surface area contributed by atoms with Gasteiger partial charge in [0, 0.05) is 36.8 Å². The van der Waals surface area contributed by atoms with Crippen LogP contribution in [-0.2, 0) is 28.2 Å². The summed E-state index contributed by atoms with van der Waals surface area (Å²) in [6.45, 7) is 16.7. The SMILES string of the molecule is CCCOC(=O)CCCCCC[C@@H]1[C@H](C=CC(=O)CCC[C@@H](C)O[Si](C)(C)C(C)(C)C)[C@H](OC2CCCCO2)C[C@@H]1Cl. The first-order valence-electron chi connectivity index (χ1n) is 16.8. The third-order valence-electron chi connectivity index (χ3n) is 9.29. The van der Waals surface area contributed by atoms with Gasteiger partial charge in [0.05, 0.1) is 12.7 Å². The van der Waals surface area contributed by atoms with Crippen molar-refractivity contribution in [2.75, 3.05) is 13.2 Å². The molecule has 0 radical (unpaired) electrons. The number of allylic oxidation sites excluding steroid dienone is 1. The zero-order valence-corrected chi connectivity index (χ0v) is 29.5. The largest absolute Gasteiger partial charge is 0.466 e. The first-order chi connectivity index (χ1) is 19.8. The molecule has 6 atom stereocenters. The summed E-state index contributed by atoms with van der Waals surface area (Å²) in [5.41, 5.74) is 0. The predicted octanol–water partition coefficient (Wildman–Crippen LogP) is 9.14. The van der Waals surface area contributed by atoms with Crippen LogP contribution in [0.15, 0.2) is 12.2 Å². The minimum Gasteiger partial charge on any atom is -0.466 e. The Labute approximate surface area is 263 Å². The molecule has 42 heavy (non-hydrogen) atoms. The van der Waals surface area contributed by atoms with Crippen LogP contribution in [-0.4, -0.2) is 57.2 Å². The van der Waals surface area contributed by atoms with Crippen molar-refractivity contribution in [2.24, 2.45) is 11.8 Å². The lowest BCUT2D eigenvalue weighted by Gasteiger charge is -2.38. The van der Waals surface area contributed by atoms with Gasteiger partial charge in [-0.05, 0) is 94.8 Å². The molecule has 244 valence electrons. The number of carbonyl (C=O) groups excluding carboxylic acids is 2. The standard InChI is InChI=1S/C34H61ClO6Si/c1-8-23-38-32(37)19-12-10-9-11-18-28-29(31(25-30(28)35)40-33-20-13-14-24-39-33)22-21-27(36)17-15-16-26(2)41-42(6,7)34(3,4)5/h21-22,26,28-31,33H,8-20,23-25H2,1-7H3/t26-,28-,29+,30+,31-,33?/m1/s1. The third kappa shape index (κ3) is 13.5. The minimum absolute atomic E-state index is 0.0145. The van der Waals surface area contributed by atoms with Crippen LogP contribution in [0.5, 0.6) is 0 Å². The van der Waals surface area contributed by atoms with Crippen LogP contribution >= 0.6 is 11.6 Å². The van der Waals surface area contributed by atoms with Gasteiger partial charge in [-0.15, -0.1) is 11.6 Å². The van der Waals surface area contributed by atoms with Crippen LogP contribution in [0.3, 0.4) is 0 Å². The molecule has 0 spiro atoms. The molecule has 6 nitrogen and oxygen atoms in total. The van der Waals surface area contributed by atoms with E-state index in [1.54, 1.807) is 6.08 Å². The van der Waals surface area contributed by atoms with E-state index in [2.05, 4.69) is 46.9 Å². The first kappa shape index (κ1) is 37.5. The Kier molecular flexibility index (Phi) is 16.9. The molecule has 0 aromatic heterocycles. The highest BCUT2D eigenvalue weighted by Gasteiger charge is 2.42. The van der Waals surface area contributed by atoms with E-state index in [9.17, 15) is 9.59 Å². The molecule has 1 aliphatic carbocycles. The van der Waals surface area contributed by atoms with Crippen molar-refractivity contribution in [3.05, 3.63) is 12.2 Å². The maximum absolute atomic E-state index is 12.9. The lowest BCUT2D eigenvalue weighted by molar-refractivity contribution is -0.192. The second kappa shape index (κ2) is 18.9. The minimum atomic E-state index is -1.80. The lowest BCUT2D eigenvalue weighted by atomic mass is 9.88. The Hall–Kier alpha value is -0.733. The number of carbonyl (C=O) groups is 2. The molecule has 1 saturated heterocycles. The molecule has 0 N–H and O–H groups in total. The average molecular weight is 629 g/mol. The molecule has 2 fully saturated rings. The summed E-state index contributed by atoms with van der Waals surface area (Å²) in [5.74, 6) is 0.434. The Morgan fingerprint density at radius 2 is 1.81 bits per heavy atom. The fraction of sp³-hybridized carbons (Fsp3) is 0.882. The van der Waals surface area contributed by atoms with Crippen molar-refractivity contribution in [3.63, 3.8) is 0 Å². The smallest absolute Gasteiger partial charge is 0.305 e. The van der Waals surface area contributed by atoms with Gasteiger partial charge in [0.2, 0.25) is 0 Å². The van der Waals surface area contributed by atoms with Gasteiger partial charge < -0.3 is 18.6 Å². The molecular weight excluding hydrogens is 568 g/mol. The van der Waals surface area contributed by atoms with Crippen molar-refractivity contribution < 1.29 is 28.2 Å². The number of hydrogen-bond acceptors (Lipinski definition) is 6. The highest BCUT2D eigenvalue weighted by atomic mass is 35.5. The number of ether oxygens (including phenoxy) is 3. The molecule has 2 rings (SSSR count). The maximum Gasteiger partial charge on any atom is 0.305 e. The van der Waals surface area contributed by atoms with E-state index in [4.69, 9.17) is 30.2 Å². The number of rotatable bonds is 19. The third-order valence-corrected chi connectivity index (χ3v) is 14.4. The van der Waals surface area contributed by atoms with Crippen LogP contribution in [0.4, 0.5) is 0 Å². The van der Waals surface area contributed by atoms with Gasteiger partial charge in [-0.2, -0.15) is 0 Å². The number of esters is 1. The van der Waals surface area contributed by atoms with Gasteiger partial charge in [0.25, 0.3) is 0 Å². The summed E-state index contributed by atoms with van der Waals surface area (Å²) in [4.78, 5) is 24.7. The summed E-state index contributed by atoms with van der Waals surface area (Å²) >= 11 is 6.92. The number of alkyl halides is 1. The van der Waals surface area contributed by atoms with Crippen LogP contribution in [0, 0.1) is 11.8 Å². The van der Waals surface area contributed by atoms with Crippen molar-refractivity contribution in [1.29, 1.82) is 0 Å². The molecular formula is C34H61ClO6Si. The normalized spacial score (nSPS) is 26.0. The molecule has 1 saturated carbocycles. The number of unbranched alkanes of at least 4 members (excludes halogenated alkanes) is 3. The van der Waals surface area contributed by atoms with Crippen molar-refractivity contribution in [3.8, 4) is 0 Å². The number of ketones is 1. The predicted molar refractivity (Wildman–Crippen MR) is 174 cm³/mol. The van der Waals surface area contributed by atoms with E-state index in [0.717, 1.165) is 83.7 Å². The Morgan fingerprint density at radius 3 is 2.48 bits per heavy atom. The maximum atomic E-state index is 12.9. The number of halogens is 1. The van der Waals surface area contributed by atoms with Gasteiger partial charge in [-0.3, -0.25) is 9.59 Å². The first-order valence-corrected chi connectivity index (χ1v) is 20.1. The summed E-state index contributed by atoms with van der Waals surface area (Å²) in [6, 6.07) is 0. The Bertz CT molecular complexity index is 819. The zero-order chi connectivity index (χ0) is 31.2. The topological polar surface area (TPSA) is 71.1 Å². The van der Waals surface area contributed by atoms with Gasteiger partial charge in [0.1, 0.15) is 0 Å². The zero-order valence-electron chi connectivity index (χ0n) is 27.8. The van der Waals surface area contributed by atoms with E-state index >= 15 is 0 Å². The monoisotopic (exact) mass is 628 g/mol. The fourth-order valence-corrected chi connectivity index (χ4v) is 7.71. The van der Waals surface area contributed by atoms with Crippen LogP contribution in [0.25, 0.3) is 0 Å². The molecule has 0 aromatic carbocycles. The van der Waals surface area contributed by atoms with Crippen LogP contribution < -0.4 is 0 Å². The highest BCUT2D eigenvalue weighted by molar-refractivity contribution is 6.74. The summed E-state index contributed by atoms with van der Waals surface area (Å²) in [5, 5.41) is 0.197. The molecule has 0 bridgehead atoms. The van der Waals surface area contributed by atoms with E-state index in [0.29, 0.717) is 19.4 Å². The van der Waals surface area contributed by atoms with Gasteiger partial charge >= 0.3 is 5.97 Å². The summed E-state index contributed by atoms with van der Waals surface area (Å²) in [6.07, 6.45) is 16.3. The molecule has 8 heteroatoms. The summed E-state index contributed by atoms with van der Waals surface area (Å²) < 4.78 is 24.0. The Morgan fingerprint density at radius 1 is 1.07 bits per heavy atom. The quantitative estimate of drug-likeness (QED) is 0.0467. The van der Waals surface area contributed by atoms with E-state index in [-0.39, 0.29) is 52.5 Å². The van der Waals surface area contributed by atoms with Crippen molar-refractivity contribution >= 4 is 31.7 Å². The molecule has 1 aliphatic heterocycles. The van der Waals surface area contributed by atoms with E-state index in [1.807, 2.05) is 6.92 Å². The van der Waals surface area contributed by atoms with Gasteiger partial charge in [-0.25, -0.2) is 0 Å². The van der Waals surface area contributed by atoms with Gasteiger partial charge in [-0.1, -0.05) is 53.0 Å². The van der Waals surface area contributed by atoms with Crippen molar-refractivity contribution in [2.45, 2.75) is 167 Å². The van der Waals surface area contributed by atoms with Crippen LogP contribution in [0.1, 0.15) is 125 Å².